The molecule has 9 heteroatoms. The number of hydrogen-bond acceptors (Lipinski definition) is 6. The molecule has 1 atom stereocenters. The number of esters is 1. The highest BCUT2D eigenvalue weighted by atomic mass is 19.3. The summed E-state index contributed by atoms with van der Waals surface area (Å²) in [4.78, 5) is 25.4. The zero-order valence-electron chi connectivity index (χ0n) is 17.6. The first-order chi connectivity index (χ1) is 15.9. The molecule has 0 saturated carbocycles. The van der Waals surface area contributed by atoms with Gasteiger partial charge in [0.2, 0.25) is 0 Å². The number of halogens is 2. The van der Waals surface area contributed by atoms with E-state index in [1.807, 2.05) is 31.2 Å². The molecule has 2 aromatic carbocycles. The van der Waals surface area contributed by atoms with Gasteiger partial charge in [-0.25, -0.2) is 9.80 Å². The molecular formula is C24H20F2N2O5. The number of carbonyl (C=O) groups is 2. The molecule has 33 heavy (non-hydrogen) atoms. The lowest BCUT2D eigenvalue weighted by Crippen LogP contribution is -2.31. The van der Waals surface area contributed by atoms with Crippen LogP contribution in [0.3, 0.4) is 0 Å². The molecule has 0 spiro atoms. The highest BCUT2D eigenvalue weighted by molar-refractivity contribution is 6.03. The van der Waals surface area contributed by atoms with Crippen LogP contribution in [0.4, 0.5) is 8.78 Å². The van der Waals surface area contributed by atoms with Crippen molar-refractivity contribution in [3.8, 4) is 5.75 Å². The summed E-state index contributed by atoms with van der Waals surface area (Å²) >= 11 is 0. The second-order valence-electron chi connectivity index (χ2n) is 7.34. The Morgan fingerprint density at radius 3 is 2.58 bits per heavy atom. The fourth-order valence-corrected chi connectivity index (χ4v) is 3.47. The zero-order valence-corrected chi connectivity index (χ0v) is 17.6. The van der Waals surface area contributed by atoms with Crippen molar-refractivity contribution < 1.29 is 32.3 Å². The number of benzene rings is 2. The van der Waals surface area contributed by atoms with Gasteiger partial charge in [0.05, 0.1) is 12.0 Å². The Morgan fingerprint density at radius 1 is 1.12 bits per heavy atom. The molecule has 0 aliphatic carbocycles. The van der Waals surface area contributed by atoms with Gasteiger partial charge in [-0.3, -0.25) is 4.79 Å². The lowest BCUT2D eigenvalue weighted by Gasteiger charge is -2.19. The van der Waals surface area contributed by atoms with Crippen LogP contribution < -0.4 is 4.74 Å². The van der Waals surface area contributed by atoms with Gasteiger partial charge in [0.1, 0.15) is 23.1 Å². The maximum atomic E-state index is 12.9. The molecule has 1 amide bonds. The molecule has 0 N–H and O–H groups in total. The molecule has 0 unspecified atom stereocenters. The summed E-state index contributed by atoms with van der Waals surface area (Å²) in [6.07, 6.45) is 1.92. The first-order valence-corrected chi connectivity index (χ1v) is 10.1. The maximum absolute atomic E-state index is 12.9. The van der Waals surface area contributed by atoms with Gasteiger partial charge in [0.25, 0.3) is 5.91 Å². The Morgan fingerprint density at radius 2 is 1.88 bits per heavy atom. The van der Waals surface area contributed by atoms with Crippen molar-refractivity contribution in [2.45, 2.75) is 26.0 Å². The summed E-state index contributed by atoms with van der Waals surface area (Å²) in [7, 11) is 0. The lowest BCUT2D eigenvalue weighted by atomic mass is 10.0. The van der Waals surface area contributed by atoms with Crippen molar-refractivity contribution in [2.24, 2.45) is 5.10 Å². The minimum atomic E-state index is -3.10. The highest BCUT2D eigenvalue weighted by Crippen LogP contribution is 2.33. The number of aryl methyl sites for hydroxylation is 1. The standard InChI is InChI=1S/C24H20F2N2O5/c1-15-8-10-16(11-9-15)18-13-19(21-7-4-12-31-21)28(27-18)22(29)14-32-23(30)17-5-2-3-6-20(17)33-24(25)26/h2-12,19,24H,13-14H2,1H3/t19-/m0/s1. The Hall–Kier alpha value is -4.01. The number of hydrogen-bond donors (Lipinski definition) is 0. The monoisotopic (exact) mass is 454 g/mol. The molecule has 2 heterocycles. The van der Waals surface area contributed by atoms with E-state index in [4.69, 9.17) is 9.15 Å². The number of amides is 1. The number of hydrazone groups is 1. The zero-order chi connectivity index (χ0) is 23.4. The van der Waals surface area contributed by atoms with Gasteiger partial charge in [0, 0.05) is 6.42 Å². The van der Waals surface area contributed by atoms with Crippen molar-refractivity contribution in [2.75, 3.05) is 6.61 Å². The van der Waals surface area contributed by atoms with E-state index < -0.39 is 31.1 Å². The van der Waals surface area contributed by atoms with Crippen LogP contribution >= 0.6 is 0 Å². The number of furan rings is 1. The van der Waals surface area contributed by atoms with E-state index >= 15 is 0 Å². The molecule has 0 radical (unpaired) electrons. The van der Waals surface area contributed by atoms with E-state index in [2.05, 4.69) is 9.84 Å². The molecule has 1 aliphatic heterocycles. The van der Waals surface area contributed by atoms with E-state index in [0.29, 0.717) is 17.9 Å². The van der Waals surface area contributed by atoms with Crippen LogP contribution in [-0.2, 0) is 9.53 Å². The Kier molecular flexibility index (Phi) is 6.48. The third-order valence-corrected chi connectivity index (χ3v) is 5.07. The number of para-hydroxylation sites is 1. The van der Waals surface area contributed by atoms with Gasteiger partial charge in [0.15, 0.2) is 6.61 Å². The summed E-state index contributed by atoms with van der Waals surface area (Å²) in [6, 6.07) is 16.1. The van der Waals surface area contributed by atoms with Crippen LogP contribution in [0.25, 0.3) is 0 Å². The predicted octanol–water partition coefficient (Wildman–Crippen LogP) is 4.72. The molecule has 170 valence electrons. The van der Waals surface area contributed by atoms with Gasteiger partial charge in [-0.2, -0.15) is 13.9 Å². The number of ether oxygens (including phenoxy) is 2. The molecule has 1 aromatic heterocycles. The fourth-order valence-electron chi connectivity index (χ4n) is 3.47. The minimum absolute atomic E-state index is 0.210. The van der Waals surface area contributed by atoms with E-state index in [-0.39, 0.29) is 11.3 Å². The summed E-state index contributed by atoms with van der Waals surface area (Å²) in [5.41, 5.74) is 2.43. The Bertz CT molecular complexity index is 1160. The summed E-state index contributed by atoms with van der Waals surface area (Å²) in [6.45, 7) is -1.77. The molecule has 0 saturated heterocycles. The van der Waals surface area contributed by atoms with Crippen molar-refractivity contribution in [1.29, 1.82) is 0 Å². The van der Waals surface area contributed by atoms with Crippen LogP contribution in [0.1, 0.15) is 39.7 Å². The number of nitrogens with zero attached hydrogens (tertiary/aromatic N) is 2. The van der Waals surface area contributed by atoms with Gasteiger partial charge in [-0.05, 0) is 36.8 Å². The highest BCUT2D eigenvalue weighted by Gasteiger charge is 2.35. The quantitative estimate of drug-likeness (QED) is 0.483. The van der Waals surface area contributed by atoms with Crippen LogP contribution in [0.15, 0.2) is 76.4 Å². The van der Waals surface area contributed by atoms with E-state index in [1.54, 1.807) is 12.1 Å². The average Bonchev–Trinajstić information content (AvgIpc) is 3.48. The van der Waals surface area contributed by atoms with Crippen LogP contribution in [0, 0.1) is 6.92 Å². The maximum Gasteiger partial charge on any atom is 0.387 e. The van der Waals surface area contributed by atoms with Crippen molar-refractivity contribution in [3.05, 3.63) is 89.4 Å². The first-order valence-electron chi connectivity index (χ1n) is 10.1. The van der Waals surface area contributed by atoms with Crippen LogP contribution in [0.5, 0.6) is 5.75 Å². The number of alkyl halides is 2. The first kappa shape index (κ1) is 22.2. The minimum Gasteiger partial charge on any atom is -0.467 e. The van der Waals surface area contributed by atoms with Gasteiger partial charge < -0.3 is 13.9 Å². The third kappa shape index (κ3) is 5.08. The third-order valence-electron chi connectivity index (χ3n) is 5.07. The van der Waals surface area contributed by atoms with Crippen LogP contribution in [0.2, 0.25) is 0 Å². The molecule has 1 aliphatic rings. The Labute approximate surface area is 188 Å². The second-order valence-corrected chi connectivity index (χ2v) is 7.34. The average molecular weight is 454 g/mol. The van der Waals surface area contributed by atoms with Crippen molar-refractivity contribution in [3.63, 3.8) is 0 Å². The molecule has 4 rings (SSSR count). The molecule has 0 bridgehead atoms. The molecular weight excluding hydrogens is 434 g/mol. The smallest absolute Gasteiger partial charge is 0.387 e. The molecule has 7 nitrogen and oxygen atoms in total. The second kappa shape index (κ2) is 9.64. The molecule has 3 aromatic rings. The summed E-state index contributed by atoms with van der Waals surface area (Å²) < 4.78 is 40.1. The Balaban J connectivity index is 1.50. The summed E-state index contributed by atoms with van der Waals surface area (Å²) in [5.74, 6) is -1.34. The van der Waals surface area contributed by atoms with Crippen molar-refractivity contribution >= 4 is 17.6 Å². The van der Waals surface area contributed by atoms with Gasteiger partial charge >= 0.3 is 12.6 Å². The SMILES string of the molecule is Cc1ccc(C2=NN(C(=O)COC(=O)c3ccccc3OC(F)F)[C@H](c3ccco3)C2)cc1. The van der Waals surface area contributed by atoms with Gasteiger partial charge in [-0.15, -0.1) is 0 Å². The predicted molar refractivity (Wildman–Crippen MR) is 114 cm³/mol. The van der Waals surface area contributed by atoms with E-state index in [0.717, 1.165) is 11.1 Å². The molecule has 0 fully saturated rings. The van der Waals surface area contributed by atoms with Gasteiger partial charge in [-0.1, -0.05) is 42.0 Å². The lowest BCUT2D eigenvalue weighted by molar-refractivity contribution is -0.136. The largest absolute Gasteiger partial charge is 0.467 e. The number of carbonyl (C=O) groups excluding carboxylic acids is 2. The topological polar surface area (TPSA) is 81.3 Å². The van der Waals surface area contributed by atoms with Crippen LogP contribution in [-0.4, -0.2) is 35.8 Å². The van der Waals surface area contributed by atoms with E-state index in [1.165, 1.54) is 35.5 Å². The number of rotatable bonds is 7. The fraction of sp³-hybridized carbons (Fsp3) is 0.208. The normalized spacial score (nSPS) is 15.5. The summed E-state index contributed by atoms with van der Waals surface area (Å²) in [5, 5.41) is 5.68. The van der Waals surface area contributed by atoms with Crippen molar-refractivity contribution in [1.82, 2.24) is 5.01 Å². The van der Waals surface area contributed by atoms with E-state index in [9.17, 15) is 18.4 Å².